The van der Waals surface area contributed by atoms with Crippen molar-refractivity contribution in [1.29, 1.82) is 0 Å². The molecule has 0 unspecified atom stereocenters. The number of hydrogen-bond donors (Lipinski definition) is 1. The topological polar surface area (TPSA) is 80.7 Å². The third-order valence-corrected chi connectivity index (χ3v) is 8.92. The van der Waals surface area contributed by atoms with Crippen LogP contribution in [0.15, 0.2) is 23.5 Å². The fraction of sp³-hybridized carbons (Fsp3) is 0.720. The summed E-state index contributed by atoms with van der Waals surface area (Å²) in [5.41, 5.74) is 0.463. The maximum absolute atomic E-state index is 13.0. The summed E-state index contributed by atoms with van der Waals surface area (Å²) in [4.78, 5) is 37.8. The van der Waals surface area contributed by atoms with E-state index in [0.29, 0.717) is 11.8 Å². The lowest BCUT2D eigenvalue weighted by atomic mass is 9.47. The molecule has 0 spiro atoms. The number of aliphatic hydroxyl groups excluding tert-OH is 1. The Morgan fingerprint density at radius 3 is 2.57 bits per heavy atom. The Bertz CT molecular complexity index is 836. The first kappa shape index (κ1) is 21.3. The van der Waals surface area contributed by atoms with Crippen LogP contribution < -0.4 is 0 Å². The smallest absolute Gasteiger partial charge is 0.308 e. The van der Waals surface area contributed by atoms with Crippen molar-refractivity contribution < 1.29 is 24.2 Å². The molecule has 4 aliphatic rings. The van der Waals surface area contributed by atoms with Gasteiger partial charge in [0.05, 0.1) is 11.3 Å². The molecule has 5 nitrogen and oxygen atoms in total. The van der Waals surface area contributed by atoms with Gasteiger partial charge in [0.25, 0.3) is 0 Å². The van der Waals surface area contributed by atoms with E-state index >= 15 is 0 Å². The summed E-state index contributed by atoms with van der Waals surface area (Å²) < 4.78 is 5.25. The van der Waals surface area contributed by atoms with E-state index in [9.17, 15) is 19.5 Å². The third-order valence-electron chi connectivity index (χ3n) is 8.92. The van der Waals surface area contributed by atoms with Gasteiger partial charge in [-0.2, -0.15) is 0 Å². The highest BCUT2D eigenvalue weighted by Crippen LogP contribution is 2.66. The van der Waals surface area contributed by atoms with E-state index in [1.54, 1.807) is 19.9 Å². The lowest BCUT2D eigenvalue weighted by molar-refractivity contribution is -0.153. The number of Topliss-reactive ketones (excluding diaryl/α,β-unsaturated/α-hetero) is 1. The summed E-state index contributed by atoms with van der Waals surface area (Å²) in [6, 6.07) is 0. The van der Waals surface area contributed by atoms with Gasteiger partial charge in [0.15, 0.2) is 11.6 Å². The minimum Gasteiger partial charge on any atom is -0.508 e. The van der Waals surface area contributed by atoms with E-state index in [4.69, 9.17) is 4.74 Å². The summed E-state index contributed by atoms with van der Waals surface area (Å²) in [5, 5.41) is 9.93. The van der Waals surface area contributed by atoms with Crippen LogP contribution >= 0.6 is 0 Å². The monoisotopic (exact) mass is 414 g/mol. The number of aliphatic hydroxyl groups is 1. The summed E-state index contributed by atoms with van der Waals surface area (Å²) in [7, 11) is 0. The van der Waals surface area contributed by atoms with Gasteiger partial charge in [-0.05, 0) is 74.7 Å². The summed E-state index contributed by atoms with van der Waals surface area (Å²) in [5.74, 6) is 0.633. The minimum atomic E-state index is -0.522. The van der Waals surface area contributed by atoms with Crippen molar-refractivity contribution in [1.82, 2.24) is 0 Å². The fourth-order valence-corrected chi connectivity index (χ4v) is 7.23. The molecule has 0 bridgehead atoms. The van der Waals surface area contributed by atoms with Crippen LogP contribution in [0.4, 0.5) is 0 Å². The lowest BCUT2D eigenvalue weighted by Gasteiger charge is -2.56. The first-order valence-electron chi connectivity index (χ1n) is 11.4. The molecule has 3 saturated carbocycles. The average molecular weight is 415 g/mol. The number of fused-ring (bicyclic) bond motifs is 5. The molecule has 0 aromatic rings. The molecule has 0 radical (unpaired) electrons. The molecule has 0 aromatic carbocycles. The van der Waals surface area contributed by atoms with Crippen molar-refractivity contribution in [3.05, 3.63) is 23.5 Å². The third kappa shape index (κ3) is 3.07. The molecule has 0 aliphatic heterocycles. The average Bonchev–Trinajstić information content (AvgIpc) is 3.04. The van der Waals surface area contributed by atoms with Gasteiger partial charge in [0, 0.05) is 12.0 Å². The second-order valence-electron chi connectivity index (χ2n) is 10.6. The van der Waals surface area contributed by atoms with Crippen molar-refractivity contribution in [2.45, 2.75) is 66.2 Å². The van der Waals surface area contributed by atoms with Gasteiger partial charge in [-0.15, -0.1) is 0 Å². The molecule has 0 amide bonds. The number of hydrogen-bond acceptors (Lipinski definition) is 5. The molecular formula is C25H34O5. The van der Waals surface area contributed by atoms with Crippen molar-refractivity contribution >= 4 is 17.5 Å². The molecule has 6 atom stereocenters. The molecule has 0 heterocycles. The zero-order chi connectivity index (χ0) is 21.8. The van der Waals surface area contributed by atoms with Gasteiger partial charge in [-0.1, -0.05) is 26.3 Å². The van der Waals surface area contributed by atoms with Gasteiger partial charge in [0.1, 0.15) is 12.4 Å². The van der Waals surface area contributed by atoms with Crippen LogP contribution in [0.5, 0.6) is 0 Å². The van der Waals surface area contributed by atoms with Crippen LogP contribution in [0.3, 0.4) is 0 Å². The molecule has 3 fully saturated rings. The van der Waals surface area contributed by atoms with Gasteiger partial charge in [-0.3, -0.25) is 14.4 Å². The molecule has 4 rings (SSSR count). The van der Waals surface area contributed by atoms with Gasteiger partial charge in [0.2, 0.25) is 0 Å². The molecular weight excluding hydrogens is 380 g/mol. The highest BCUT2D eigenvalue weighted by molar-refractivity contribution is 5.99. The highest BCUT2D eigenvalue weighted by atomic mass is 16.5. The summed E-state index contributed by atoms with van der Waals surface area (Å²) >= 11 is 0. The van der Waals surface area contributed by atoms with Gasteiger partial charge >= 0.3 is 5.97 Å². The molecule has 164 valence electrons. The first-order chi connectivity index (χ1) is 14.1. The Labute approximate surface area is 178 Å². The Hall–Kier alpha value is -1.91. The number of rotatable bonds is 4. The number of esters is 1. The second kappa shape index (κ2) is 7.35. The number of ether oxygens (including phenoxy) is 1. The van der Waals surface area contributed by atoms with Crippen LogP contribution in [-0.4, -0.2) is 29.2 Å². The quantitative estimate of drug-likeness (QED) is 0.682. The number of ketones is 2. The molecule has 1 N–H and O–H groups in total. The van der Waals surface area contributed by atoms with E-state index in [1.165, 1.54) is 6.08 Å². The standard InChI is InChI=1S/C25H34O5/c1-14(2)23(29)30-13-21(27)20-8-7-18-17-6-5-15-11-16(26)12-22(28)25(15,4)19(17)9-10-24(18,20)3/h11-12,14,17-20,26H,5-10,13H2,1-4H3/t17-,18-,19-,20+,24-,25-/m0/s1. The van der Waals surface area contributed by atoms with E-state index in [1.807, 2.05) is 0 Å². The minimum absolute atomic E-state index is 0.0297. The van der Waals surface area contributed by atoms with Crippen molar-refractivity contribution in [2.75, 3.05) is 6.61 Å². The lowest BCUT2D eigenvalue weighted by Crippen LogP contribution is -2.53. The Balaban J connectivity index is 1.53. The predicted octanol–water partition coefficient (Wildman–Crippen LogP) is 4.56. The largest absolute Gasteiger partial charge is 0.508 e. The van der Waals surface area contributed by atoms with E-state index in [0.717, 1.165) is 44.1 Å². The molecule has 0 saturated heterocycles. The Morgan fingerprint density at radius 1 is 1.13 bits per heavy atom. The molecule has 4 aliphatic carbocycles. The van der Waals surface area contributed by atoms with E-state index < -0.39 is 5.41 Å². The number of carbonyl (C=O) groups is 3. The van der Waals surface area contributed by atoms with Crippen LogP contribution in [-0.2, 0) is 19.1 Å². The van der Waals surface area contributed by atoms with E-state index in [-0.39, 0.29) is 53.1 Å². The van der Waals surface area contributed by atoms with Gasteiger partial charge in [-0.25, -0.2) is 0 Å². The maximum atomic E-state index is 13.0. The SMILES string of the molecule is CC(C)C(=O)OCC(=O)[C@H]1CC[C@H]2[C@@H]3CCC4=CC(O)=CC(=O)[C@]4(C)[C@H]3CC[C@]12C. The summed E-state index contributed by atoms with van der Waals surface area (Å²) in [6.45, 7) is 7.73. The number of carbonyl (C=O) groups excluding carboxylic acids is 3. The predicted molar refractivity (Wildman–Crippen MR) is 112 cm³/mol. The van der Waals surface area contributed by atoms with Crippen molar-refractivity contribution in [3.8, 4) is 0 Å². The van der Waals surface area contributed by atoms with Crippen molar-refractivity contribution in [3.63, 3.8) is 0 Å². The zero-order valence-electron chi connectivity index (χ0n) is 18.6. The van der Waals surface area contributed by atoms with Crippen LogP contribution in [0.25, 0.3) is 0 Å². The molecule has 0 aromatic heterocycles. The summed E-state index contributed by atoms with van der Waals surface area (Å²) in [6.07, 6.45) is 8.71. The van der Waals surface area contributed by atoms with Gasteiger partial charge < -0.3 is 9.84 Å². The fourth-order valence-electron chi connectivity index (χ4n) is 7.23. The second-order valence-corrected chi connectivity index (χ2v) is 10.6. The molecule has 30 heavy (non-hydrogen) atoms. The number of allylic oxidation sites excluding steroid dienone is 3. The normalized spacial score (nSPS) is 40.1. The Kier molecular flexibility index (Phi) is 5.22. The van der Waals surface area contributed by atoms with Crippen LogP contribution in [0, 0.1) is 40.4 Å². The van der Waals surface area contributed by atoms with Crippen LogP contribution in [0.1, 0.15) is 66.2 Å². The maximum Gasteiger partial charge on any atom is 0.308 e. The van der Waals surface area contributed by atoms with E-state index in [2.05, 4.69) is 13.8 Å². The van der Waals surface area contributed by atoms with Crippen LogP contribution in [0.2, 0.25) is 0 Å². The first-order valence-corrected chi connectivity index (χ1v) is 11.4. The molecule has 5 heteroatoms. The highest BCUT2D eigenvalue weighted by Gasteiger charge is 2.61. The van der Waals surface area contributed by atoms with Crippen molar-refractivity contribution in [2.24, 2.45) is 40.4 Å². The zero-order valence-corrected chi connectivity index (χ0v) is 18.6. The Morgan fingerprint density at radius 2 is 1.87 bits per heavy atom.